The predicted molar refractivity (Wildman–Crippen MR) is 40.5 cm³/mol. The minimum Gasteiger partial charge on any atom is -0.427 e. The molecule has 0 spiro atoms. The van der Waals surface area contributed by atoms with Crippen LogP contribution in [0.25, 0.3) is 0 Å². The Labute approximate surface area is 63.4 Å². The number of aryl methyl sites for hydroxylation is 2. The summed E-state index contributed by atoms with van der Waals surface area (Å²) >= 11 is 1.59. The maximum Gasteiger partial charge on any atom is 0.298 e. The van der Waals surface area contributed by atoms with Gasteiger partial charge in [-0.25, -0.2) is 0 Å². The van der Waals surface area contributed by atoms with Crippen molar-refractivity contribution in [3.8, 4) is 5.75 Å². The summed E-state index contributed by atoms with van der Waals surface area (Å²) in [5, 5.41) is 1.97. The van der Waals surface area contributed by atoms with Crippen molar-refractivity contribution in [2.24, 2.45) is 0 Å². The van der Waals surface area contributed by atoms with E-state index >= 15 is 0 Å². The molecule has 1 aromatic heterocycles. The Bertz CT molecular complexity index is 220. The number of hydrogen-bond donors (Lipinski definition) is 0. The summed E-state index contributed by atoms with van der Waals surface area (Å²) < 4.78 is 4.74. The number of rotatable bonds is 2. The standard InChI is InChI=1S/C7H8O2S/c1-5-3-10-6(2)7(5)9-4-8/h3-4H,1-2H3. The van der Waals surface area contributed by atoms with Gasteiger partial charge in [0.15, 0.2) is 0 Å². The number of thiophene rings is 1. The Morgan fingerprint density at radius 3 is 2.70 bits per heavy atom. The lowest BCUT2D eigenvalue weighted by Gasteiger charge is -1.95. The SMILES string of the molecule is Cc1csc(C)c1OC=O. The van der Waals surface area contributed by atoms with Crippen LogP contribution in [0.3, 0.4) is 0 Å². The van der Waals surface area contributed by atoms with Crippen LogP contribution in [-0.2, 0) is 4.79 Å². The molecule has 3 heteroatoms. The summed E-state index contributed by atoms with van der Waals surface area (Å²) in [5.74, 6) is 0.708. The lowest BCUT2D eigenvalue weighted by Crippen LogP contribution is -1.89. The zero-order valence-corrected chi connectivity index (χ0v) is 6.70. The molecule has 1 aromatic rings. The van der Waals surface area contributed by atoms with E-state index in [0.717, 1.165) is 10.4 Å². The van der Waals surface area contributed by atoms with Gasteiger partial charge in [-0.1, -0.05) is 0 Å². The quantitative estimate of drug-likeness (QED) is 0.611. The third-order valence-electron chi connectivity index (χ3n) is 1.26. The molecule has 2 nitrogen and oxygen atoms in total. The van der Waals surface area contributed by atoms with Crippen LogP contribution in [0.1, 0.15) is 10.4 Å². The molecule has 0 unspecified atom stereocenters. The van der Waals surface area contributed by atoms with Crippen molar-refractivity contribution in [3.63, 3.8) is 0 Å². The van der Waals surface area contributed by atoms with Gasteiger partial charge in [-0.2, -0.15) is 0 Å². The molecule has 1 heterocycles. The summed E-state index contributed by atoms with van der Waals surface area (Å²) in [6, 6.07) is 0. The maximum absolute atomic E-state index is 9.96. The summed E-state index contributed by atoms with van der Waals surface area (Å²) in [7, 11) is 0. The number of hydrogen-bond acceptors (Lipinski definition) is 3. The highest BCUT2D eigenvalue weighted by Gasteiger charge is 2.04. The fourth-order valence-corrected chi connectivity index (χ4v) is 1.56. The van der Waals surface area contributed by atoms with E-state index in [2.05, 4.69) is 0 Å². The van der Waals surface area contributed by atoms with E-state index in [-0.39, 0.29) is 0 Å². The molecule has 54 valence electrons. The van der Waals surface area contributed by atoms with E-state index in [1.807, 2.05) is 19.2 Å². The smallest absolute Gasteiger partial charge is 0.298 e. The van der Waals surface area contributed by atoms with Crippen molar-refractivity contribution in [1.29, 1.82) is 0 Å². The minimum atomic E-state index is 0.460. The Morgan fingerprint density at radius 1 is 1.60 bits per heavy atom. The van der Waals surface area contributed by atoms with E-state index in [1.165, 1.54) is 0 Å². The Balaban J connectivity index is 2.97. The number of carbonyl (C=O) groups is 1. The van der Waals surface area contributed by atoms with Gasteiger partial charge >= 0.3 is 0 Å². The first-order chi connectivity index (χ1) is 4.75. The number of ether oxygens (including phenoxy) is 1. The van der Waals surface area contributed by atoms with Gasteiger partial charge in [0.1, 0.15) is 5.75 Å². The van der Waals surface area contributed by atoms with Gasteiger partial charge in [-0.15, -0.1) is 11.3 Å². The molecule has 0 fully saturated rings. The Kier molecular flexibility index (Phi) is 2.06. The second-order valence-electron chi connectivity index (χ2n) is 2.02. The fourth-order valence-electron chi connectivity index (χ4n) is 0.786. The van der Waals surface area contributed by atoms with Crippen LogP contribution in [0.2, 0.25) is 0 Å². The maximum atomic E-state index is 9.96. The molecule has 1 rings (SSSR count). The van der Waals surface area contributed by atoms with Crippen LogP contribution >= 0.6 is 11.3 Å². The van der Waals surface area contributed by atoms with Crippen LogP contribution in [-0.4, -0.2) is 6.47 Å². The average molecular weight is 156 g/mol. The van der Waals surface area contributed by atoms with Crippen LogP contribution in [0.4, 0.5) is 0 Å². The molecule has 0 saturated heterocycles. The molecule has 0 N–H and O–H groups in total. The zero-order valence-electron chi connectivity index (χ0n) is 5.88. The first-order valence-electron chi connectivity index (χ1n) is 2.90. The van der Waals surface area contributed by atoms with Crippen LogP contribution in [0.5, 0.6) is 5.75 Å². The monoisotopic (exact) mass is 156 g/mol. The van der Waals surface area contributed by atoms with Gasteiger partial charge < -0.3 is 4.74 Å². The molecule has 0 saturated carbocycles. The summed E-state index contributed by atoms with van der Waals surface area (Å²) in [6.07, 6.45) is 0. The van der Waals surface area contributed by atoms with Gasteiger partial charge in [0, 0.05) is 10.4 Å². The molecule has 0 aliphatic rings. The van der Waals surface area contributed by atoms with Crippen molar-refractivity contribution < 1.29 is 9.53 Å². The highest BCUT2D eigenvalue weighted by atomic mass is 32.1. The second kappa shape index (κ2) is 2.84. The van der Waals surface area contributed by atoms with Gasteiger partial charge in [0.05, 0.1) is 0 Å². The molecule has 0 aromatic carbocycles. The summed E-state index contributed by atoms with van der Waals surface area (Å²) in [6.45, 7) is 4.31. The van der Waals surface area contributed by atoms with Crippen LogP contribution < -0.4 is 4.74 Å². The van der Waals surface area contributed by atoms with E-state index < -0.39 is 0 Å². The molecule has 0 atom stereocenters. The lowest BCUT2D eigenvalue weighted by molar-refractivity contribution is -0.120. The first-order valence-corrected chi connectivity index (χ1v) is 3.78. The second-order valence-corrected chi connectivity index (χ2v) is 3.10. The van der Waals surface area contributed by atoms with Crippen LogP contribution in [0, 0.1) is 13.8 Å². The van der Waals surface area contributed by atoms with Crippen molar-refractivity contribution >= 4 is 17.8 Å². The van der Waals surface area contributed by atoms with Gasteiger partial charge in [0.25, 0.3) is 6.47 Å². The molecule has 0 radical (unpaired) electrons. The normalized spacial score (nSPS) is 9.40. The van der Waals surface area contributed by atoms with E-state index in [0.29, 0.717) is 12.2 Å². The first kappa shape index (κ1) is 7.28. The highest BCUT2D eigenvalue weighted by molar-refractivity contribution is 7.10. The molecule has 10 heavy (non-hydrogen) atoms. The van der Waals surface area contributed by atoms with Crippen molar-refractivity contribution in [2.45, 2.75) is 13.8 Å². The molecule has 0 aliphatic carbocycles. The summed E-state index contributed by atoms with van der Waals surface area (Å²) in [4.78, 5) is 11.0. The van der Waals surface area contributed by atoms with E-state index in [4.69, 9.17) is 4.74 Å². The fraction of sp³-hybridized carbons (Fsp3) is 0.286. The highest BCUT2D eigenvalue weighted by Crippen LogP contribution is 2.28. The lowest BCUT2D eigenvalue weighted by atomic mass is 10.3. The Morgan fingerprint density at radius 2 is 2.30 bits per heavy atom. The number of carbonyl (C=O) groups excluding carboxylic acids is 1. The van der Waals surface area contributed by atoms with Gasteiger partial charge in [0.2, 0.25) is 0 Å². The summed E-state index contributed by atoms with van der Waals surface area (Å²) in [5.41, 5.74) is 1.02. The molecular formula is C7H8O2S. The minimum absolute atomic E-state index is 0.460. The largest absolute Gasteiger partial charge is 0.427 e. The van der Waals surface area contributed by atoms with Crippen molar-refractivity contribution in [2.75, 3.05) is 0 Å². The van der Waals surface area contributed by atoms with Gasteiger partial charge in [-0.3, -0.25) is 4.79 Å². The zero-order chi connectivity index (χ0) is 7.56. The molecule has 0 amide bonds. The molecular weight excluding hydrogens is 148 g/mol. The third-order valence-corrected chi connectivity index (χ3v) is 2.27. The average Bonchev–Trinajstić information content (AvgIpc) is 2.20. The van der Waals surface area contributed by atoms with E-state index in [9.17, 15) is 4.79 Å². The van der Waals surface area contributed by atoms with E-state index in [1.54, 1.807) is 11.3 Å². The Hall–Kier alpha value is -0.830. The van der Waals surface area contributed by atoms with Gasteiger partial charge in [-0.05, 0) is 19.2 Å². The third kappa shape index (κ3) is 1.19. The topological polar surface area (TPSA) is 26.3 Å². The van der Waals surface area contributed by atoms with Crippen LogP contribution in [0.15, 0.2) is 5.38 Å². The molecule has 0 bridgehead atoms. The predicted octanol–water partition coefficient (Wildman–Crippen LogP) is 1.90. The van der Waals surface area contributed by atoms with Crippen molar-refractivity contribution in [1.82, 2.24) is 0 Å². The molecule has 0 aliphatic heterocycles. The van der Waals surface area contributed by atoms with Crippen molar-refractivity contribution in [3.05, 3.63) is 15.8 Å².